The Kier molecular flexibility index (Phi) is 4.09. The van der Waals surface area contributed by atoms with Crippen LogP contribution in [0.25, 0.3) is 21.9 Å². The Labute approximate surface area is 196 Å². The third-order valence-electron chi connectivity index (χ3n) is 7.09. The topological polar surface area (TPSA) is 24.8 Å². The van der Waals surface area contributed by atoms with Gasteiger partial charge in [-0.15, -0.1) is 0 Å². The number of anilines is 1. The minimum atomic E-state index is -0.712. The summed E-state index contributed by atoms with van der Waals surface area (Å²) in [6.07, 6.45) is 2.01. The lowest BCUT2D eigenvalue weighted by Crippen LogP contribution is -2.61. The second-order valence-corrected chi connectivity index (χ2v) is 10.0. The van der Waals surface area contributed by atoms with E-state index in [-0.39, 0.29) is 5.41 Å². The Morgan fingerprint density at radius 2 is 1.62 bits per heavy atom. The normalized spacial score (nSPS) is 20.3. The highest BCUT2D eigenvalue weighted by Crippen LogP contribution is 2.56. The maximum atomic E-state index is 7.08. The molecule has 0 fully saturated rings. The van der Waals surface area contributed by atoms with Crippen LogP contribution in [-0.4, -0.2) is 19.0 Å². The molecule has 2 aliphatic heterocycles. The van der Waals surface area contributed by atoms with Crippen molar-refractivity contribution in [2.24, 2.45) is 4.99 Å². The van der Waals surface area contributed by atoms with E-state index in [2.05, 4.69) is 121 Å². The van der Waals surface area contributed by atoms with Gasteiger partial charge in [-0.3, -0.25) is 4.99 Å². The van der Waals surface area contributed by atoms with Gasteiger partial charge < -0.3 is 9.64 Å². The van der Waals surface area contributed by atoms with Gasteiger partial charge in [-0.05, 0) is 54.6 Å². The average Bonchev–Trinajstić information content (AvgIpc) is 2.97. The Hall–Kier alpha value is -3.11. The standard InChI is InChI=1S/C28H23BrN2O/c1-27(2)23-10-6-7-11-24(23)31(3)28(27)17-30-25-21-9-5-4-8-19(21)16-22(26(25)32-28)18-12-14-20(29)15-13-18/h4-17H,1-3H3. The molecule has 1 spiro atoms. The molecule has 0 bridgehead atoms. The molecule has 0 saturated carbocycles. The molecule has 4 aromatic carbocycles. The van der Waals surface area contributed by atoms with Crippen LogP contribution in [-0.2, 0) is 5.41 Å². The van der Waals surface area contributed by atoms with Crippen LogP contribution in [0.3, 0.4) is 0 Å². The zero-order valence-corrected chi connectivity index (χ0v) is 19.8. The van der Waals surface area contributed by atoms with Crippen molar-refractivity contribution in [1.82, 2.24) is 0 Å². The van der Waals surface area contributed by atoms with E-state index >= 15 is 0 Å². The highest BCUT2D eigenvalue weighted by molar-refractivity contribution is 9.10. The molecule has 2 heterocycles. The van der Waals surface area contributed by atoms with Gasteiger partial charge in [0, 0.05) is 28.2 Å². The molecule has 2 aliphatic rings. The quantitative estimate of drug-likeness (QED) is 0.280. The monoisotopic (exact) mass is 482 g/mol. The lowest BCUT2D eigenvalue weighted by atomic mass is 9.77. The highest BCUT2D eigenvalue weighted by atomic mass is 79.9. The van der Waals surface area contributed by atoms with E-state index in [9.17, 15) is 0 Å². The molecule has 0 radical (unpaired) electrons. The molecule has 4 heteroatoms. The fourth-order valence-corrected chi connectivity index (χ4v) is 5.51. The molecular weight excluding hydrogens is 460 g/mol. The third kappa shape index (κ3) is 2.50. The van der Waals surface area contributed by atoms with Crippen LogP contribution in [0.15, 0.2) is 88.3 Å². The number of benzene rings is 4. The number of nitrogens with zero attached hydrogens (tertiary/aromatic N) is 2. The fraction of sp³-hybridized carbons (Fsp3) is 0.179. The first-order valence-corrected chi connectivity index (χ1v) is 11.6. The number of ether oxygens (including phenoxy) is 1. The Bertz CT molecular complexity index is 1410. The van der Waals surface area contributed by atoms with Crippen LogP contribution in [0, 0.1) is 0 Å². The van der Waals surface area contributed by atoms with E-state index in [1.165, 1.54) is 11.3 Å². The van der Waals surface area contributed by atoms with Gasteiger partial charge in [-0.25, -0.2) is 0 Å². The van der Waals surface area contributed by atoms with Gasteiger partial charge in [0.15, 0.2) is 5.75 Å². The zero-order chi connectivity index (χ0) is 22.1. The average molecular weight is 483 g/mol. The van der Waals surface area contributed by atoms with E-state index in [1.807, 2.05) is 6.21 Å². The second kappa shape index (κ2) is 6.69. The minimum absolute atomic E-state index is 0.290. The summed E-state index contributed by atoms with van der Waals surface area (Å²) in [5.41, 5.74) is 4.51. The largest absolute Gasteiger partial charge is 0.459 e. The van der Waals surface area contributed by atoms with Gasteiger partial charge in [0.1, 0.15) is 5.69 Å². The van der Waals surface area contributed by atoms with E-state index in [1.54, 1.807) is 0 Å². The second-order valence-electron chi connectivity index (χ2n) is 9.09. The minimum Gasteiger partial charge on any atom is -0.459 e. The van der Waals surface area contributed by atoms with Crippen molar-refractivity contribution in [3.05, 3.63) is 88.9 Å². The van der Waals surface area contributed by atoms with Gasteiger partial charge in [0.05, 0.1) is 11.6 Å². The predicted octanol–water partition coefficient (Wildman–Crippen LogP) is 7.49. The van der Waals surface area contributed by atoms with E-state index in [0.717, 1.165) is 37.8 Å². The van der Waals surface area contributed by atoms with Crippen molar-refractivity contribution in [2.45, 2.75) is 25.0 Å². The number of likely N-dealkylation sites (N-methyl/N-ethyl adjacent to an activating group) is 1. The van der Waals surface area contributed by atoms with Gasteiger partial charge in [0.25, 0.3) is 0 Å². The molecule has 158 valence electrons. The van der Waals surface area contributed by atoms with Crippen molar-refractivity contribution in [2.75, 3.05) is 11.9 Å². The van der Waals surface area contributed by atoms with Crippen LogP contribution in [0.2, 0.25) is 0 Å². The maximum Gasteiger partial charge on any atom is 0.228 e. The maximum absolute atomic E-state index is 7.08. The van der Waals surface area contributed by atoms with Crippen LogP contribution < -0.4 is 9.64 Å². The zero-order valence-electron chi connectivity index (χ0n) is 18.3. The van der Waals surface area contributed by atoms with E-state index in [0.29, 0.717) is 0 Å². The first-order valence-electron chi connectivity index (χ1n) is 10.8. The van der Waals surface area contributed by atoms with Crippen molar-refractivity contribution >= 4 is 44.3 Å². The summed E-state index contributed by atoms with van der Waals surface area (Å²) in [6, 6.07) is 27.5. The molecular formula is C28H23BrN2O. The molecule has 32 heavy (non-hydrogen) atoms. The van der Waals surface area contributed by atoms with Gasteiger partial charge in [0.2, 0.25) is 5.72 Å². The molecule has 0 aromatic heterocycles. The summed E-state index contributed by atoms with van der Waals surface area (Å²) in [5, 5.41) is 2.26. The van der Waals surface area contributed by atoms with Gasteiger partial charge in [-0.1, -0.05) is 70.5 Å². The van der Waals surface area contributed by atoms with Gasteiger partial charge in [-0.2, -0.15) is 0 Å². The molecule has 6 rings (SSSR count). The lowest BCUT2D eigenvalue weighted by molar-refractivity contribution is 0.0833. The smallest absolute Gasteiger partial charge is 0.228 e. The SMILES string of the molecule is CN1c2ccccc2C(C)(C)C12C=Nc1c(c(-c3ccc(Br)cc3)cc3ccccc13)O2. The Morgan fingerprint density at radius 1 is 0.906 bits per heavy atom. The molecule has 0 N–H and O–H groups in total. The molecule has 1 unspecified atom stereocenters. The highest BCUT2D eigenvalue weighted by Gasteiger charge is 2.58. The summed E-state index contributed by atoms with van der Waals surface area (Å²) in [7, 11) is 2.10. The molecule has 0 amide bonds. The number of para-hydroxylation sites is 1. The van der Waals surface area contributed by atoms with Crippen molar-refractivity contribution < 1.29 is 4.74 Å². The van der Waals surface area contributed by atoms with Crippen molar-refractivity contribution in [3.8, 4) is 16.9 Å². The number of hydrogen-bond acceptors (Lipinski definition) is 3. The summed E-state index contributed by atoms with van der Waals surface area (Å²) in [5.74, 6) is 0.834. The molecule has 0 aliphatic carbocycles. The first kappa shape index (κ1) is 19.6. The van der Waals surface area contributed by atoms with E-state index in [4.69, 9.17) is 9.73 Å². The predicted molar refractivity (Wildman–Crippen MR) is 136 cm³/mol. The van der Waals surface area contributed by atoms with E-state index < -0.39 is 5.72 Å². The summed E-state index contributed by atoms with van der Waals surface area (Å²) in [6.45, 7) is 4.49. The molecule has 3 nitrogen and oxygen atoms in total. The fourth-order valence-electron chi connectivity index (χ4n) is 5.25. The molecule has 0 saturated heterocycles. The summed E-state index contributed by atoms with van der Waals surface area (Å²) >= 11 is 3.56. The van der Waals surface area contributed by atoms with Crippen molar-refractivity contribution in [1.29, 1.82) is 0 Å². The molecule has 4 aromatic rings. The number of fused-ring (bicyclic) bond motifs is 4. The number of hydrogen-bond donors (Lipinski definition) is 0. The number of halogens is 1. The molecule has 1 atom stereocenters. The number of rotatable bonds is 1. The van der Waals surface area contributed by atoms with Crippen LogP contribution in [0.4, 0.5) is 11.4 Å². The third-order valence-corrected chi connectivity index (χ3v) is 7.62. The van der Waals surface area contributed by atoms with Crippen molar-refractivity contribution in [3.63, 3.8) is 0 Å². The van der Waals surface area contributed by atoms with Crippen LogP contribution >= 0.6 is 15.9 Å². The first-order chi connectivity index (χ1) is 15.4. The van der Waals surface area contributed by atoms with Crippen LogP contribution in [0.1, 0.15) is 19.4 Å². The Balaban J connectivity index is 1.62. The van der Waals surface area contributed by atoms with Gasteiger partial charge >= 0.3 is 0 Å². The van der Waals surface area contributed by atoms with Crippen LogP contribution in [0.5, 0.6) is 5.75 Å². The Morgan fingerprint density at radius 3 is 2.41 bits per heavy atom. The summed E-state index contributed by atoms with van der Waals surface area (Å²) < 4.78 is 8.13. The lowest BCUT2D eigenvalue weighted by Gasteiger charge is -2.45. The number of aliphatic imine (C=N–C) groups is 1. The summed E-state index contributed by atoms with van der Waals surface area (Å²) in [4.78, 5) is 7.32.